The Kier molecular flexibility index (Phi) is 38.5. The molecule has 15 aromatic carbocycles. The molecule has 0 saturated heterocycles. The lowest BCUT2D eigenvalue weighted by atomic mass is 10.00. The highest BCUT2D eigenvalue weighted by Crippen LogP contribution is 2.38. The van der Waals surface area contributed by atoms with Crippen LogP contribution in [0.15, 0.2) is 291 Å². The van der Waals surface area contributed by atoms with E-state index in [4.69, 9.17) is 28.4 Å². The van der Waals surface area contributed by atoms with Gasteiger partial charge >= 0.3 is 35.8 Å². The molecular formula is C117H90F18O12. The molecular weight excluding hydrogens is 1940 g/mol. The predicted molar refractivity (Wildman–Crippen MR) is 518 cm³/mol. The van der Waals surface area contributed by atoms with E-state index in [0.29, 0.717) is 113 Å². The second kappa shape index (κ2) is 52.4. The highest BCUT2D eigenvalue weighted by molar-refractivity contribution is 5.80. The average molecular weight is 2030 g/mol. The van der Waals surface area contributed by atoms with Crippen molar-refractivity contribution in [2.24, 2.45) is 0 Å². The number of carbonyl (C=O) groups excluding carboxylic acids is 6. The number of esters is 6. The molecule has 30 heteroatoms. The van der Waals surface area contributed by atoms with Gasteiger partial charge in [0.15, 0.2) is 69.8 Å². The van der Waals surface area contributed by atoms with Gasteiger partial charge in [0, 0.05) is 108 Å². The van der Waals surface area contributed by atoms with Gasteiger partial charge < -0.3 is 28.4 Å². The molecule has 15 rings (SSSR count). The lowest BCUT2D eigenvalue weighted by Gasteiger charge is -2.09. The summed E-state index contributed by atoms with van der Waals surface area (Å²) in [6, 6.07) is 63.3. The molecule has 0 saturated carbocycles. The summed E-state index contributed by atoms with van der Waals surface area (Å²) in [5, 5.41) is 0. The summed E-state index contributed by atoms with van der Waals surface area (Å²) in [4.78, 5) is 73.4. The number of halogens is 18. The number of carbonyl (C=O) groups is 6. The smallest absolute Gasteiger partial charge is 0.311 e. The third kappa shape index (κ3) is 31.4. The minimum atomic E-state index is -1.11. The number of ether oxygens (including phenoxy) is 6. The third-order valence-electron chi connectivity index (χ3n) is 23.4. The van der Waals surface area contributed by atoms with Gasteiger partial charge in [0.05, 0.1) is 0 Å². The van der Waals surface area contributed by atoms with Crippen molar-refractivity contribution in [1.29, 1.82) is 0 Å². The molecule has 0 radical (unpaired) electrons. The fourth-order valence-corrected chi connectivity index (χ4v) is 15.6. The molecule has 0 heterocycles. The maximum Gasteiger partial charge on any atom is 0.311 e. The first-order valence-electron chi connectivity index (χ1n) is 46.8. The van der Waals surface area contributed by atoms with Gasteiger partial charge in [0.2, 0.25) is 0 Å². The summed E-state index contributed by atoms with van der Waals surface area (Å²) in [5.74, 6) is -19.2. The standard InChI is InChI=1S/C41H34F6O4.C39H30F6O4.C37H26F6O4/c42-34-20-14-28(22-38(34)46)26-10-12-27(13-11-26)32-18-16-30(24-36(32)44)50-40(48)8-6-4-2-1-3-5-7-9-41(49)51-31-17-19-33(37(45)25-31)29-15-21-35(43)39(47)23-29;40-32-18-12-26(20-36(32)44)24-8-10-25(11-9-24)30-16-14-28(22-34(30)42)48-38(46)6-4-2-1-3-5-7-39(47)49-29-15-17-31(35(43)23-29)27-13-19-33(41)37(45)21-27;38-30-16-10-24(18-34(30)42)22-6-8-23(9-7-22)28-14-12-26(20-32(28)40)46-36(44)4-2-1-3-5-37(45)47-27-13-15-29(33(41)21-27)25-11-17-31(39)35(43)19-25/h10-25H,1-9H2;8-23H,1-7H2;6-21H,1-5H2. The number of unbranched alkanes of at least 4 members (excludes halogenated alkanes) is 12. The molecule has 0 aliphatic carbocycles. The van der Waals surface area contributed by atoms with Gasteiger partial charge in [-0.1, -0.05) is 167 Å². The van der Waals surface area contributed by atoms with Crippen LogP contribution in [0.1, 0.15) is 135 Å². The van der Waals surface area contributed by atoms with Crippen LogP contribution in [0.2, 0.25) is 0 Å². The number of hydrogen-bond acceptors (Lipinski definition) is 12. The normalized spacial score (nSPS) is 11.0. The monoisotopic (exact) mass is 2030 g/mol. The van der Waals surface area contributed by atoms with Gasteiger partial charge in [-0.2, -0.15) is 0 Å². The van der Waals surface area contributed by atoms with Crippen LogP contribution >= 0.6 is 0 Å². The quantitative estimate of drug-likeness (QED) is 0.0156. The second-order valence-electron chi connectivity index (χ2n) is 34.0. The number of rotatable bonds is 39. The molecule has 0 amide bonds. The third-order valence-corrected chi connectivity index (χ3v) is 23.4. The van der Waals surface area contributed by atoms with Crippen molar-refractivity contribution < 1.29 is 136 Å². The summed E-state index contributed by atoms with van der Waals surface area (Å²) in [6.07, 6.45) is 10.6. The van der Waals surface area contributed by atoms with Crippen LogP contribution in [-0.2, 0) is 28.8 Å². The van der Waals surface area contributed by atoms with Crippen LogP contribution in [0, 0.1) is 105 Å². The molecule has 0 fully saturated rings. The van der Waals surface area contributed by atoms with Crippen LogP contribution < -0.4 is 28.4 Å². The van der Waals surface area contributed by atoms with Crippen LogP contribution in [0.4, 0.5) is 79.0 Å². The molecule has 0 bridgehead atoms. The summed E-state index contributed by atoms with van der Waals surface area (Å²) in [7, 11) is 0. The lowest BCUT2D eigenvalue weighted by molar-refractivity contribution is -0.135. The van der Waals surface area contributed by atoms with Crippen LogP contribution in [-0.4, -0.2) is 35.8 Å². The van der Waals surface area contributed by atoms with E-state index in [1.807, 2.05) is 0 Å². The predicted octanol–water partition coefficient (Wildman–Crippen LogP) is 32.3. The fraction of sp³-hybridized carbons (Fsp3) is 0.179. The molecule has 0 spiro atoms. The fourth-order valence-electron chi connectivity index (χ4n) is 15.6. The molecule has 0 unspecified atom stereocenters. The Morgan fingerprint density at radius 2 is 0.265 bits per heavy atom. The maximum atomic E-state index is 14.9. The molecule has 147 heavy (non-hydrogen) atoms. The maximum absolute atomic E-state index is 14.9. The summed E-state index contributed by atoms with van der Waals surface area (Å²) >= 11 is 0. The molecule has 0 aliphatic rings. The van der Waals surface area contributed by atoms with Crippen molar-refractivity contribution in [2.75, 3.05) is 0 Å². The Hall–Kier alpha value is -16.1. The van der Waals surface area contributed by atoms with E-state index in [2.05, 4.69) is 0 Å². The van der Waals surface area contributed by atoms with E-state index < -0.39 is 141 Å². The van der Waals surface area contributed by atoms with Gasteiger partial charge in [-0.3, -0.25) is 28.8 Å². The van der Waals surface area contributed by atoms with E-state index in [0.717, 1.165) is 148 Å². The first-order valence-corrected chi connectivity index (χ1v) is 46.8. The van der Waals surface area contributed by atoms with Gasteiger partial charge in [-0.05, 0) is 251 Å². The molecule has 0 atom stereocenters. The van der Waals surface area contributed by atoms with Crippen molar-refractivity contribution in [2.45, 2.75) is 135 Å². The Labute approximate surface area is 833 Å². The minimum Gasteiger partial charge on any atom is -0.426 e. The first kappa shape index (κ1) is 108. The van der Waals surface area contributed by atoms with Crippen molar-refractivity contribution >= 4 is 35.8 Å². The molecule has 0 aromatic heterocycles. The van der Waals surface area contributed by atoms with Crippen LogP contribution in [0.5, 0.6) is 34.5 Å². The second-order valence-corrected chi connectivity index (χ2v) is 34.0. The van der Waals surface area contributed by atoms with Crippen molar-refractivity contribution in [3.63, 3.8) is 0 Å². The lowest BCUT2D eigenvalue weighted by Crippen LogP contribution is -2.09. The Bertz CT molecular complexity index is 7220. The van der Waals surface area contributed by atoms with Gasteiger partial charge in [-0.15, -0.1) is 0 Å². The molecule has 0 N–H and O–H groups in total. The summed E-state index contributed by atoms with van der Waals surface area (Å²) in [5.41, 5.74) is 6.41. The Morgan fingerprint density at radius 1 is 0.129 bits per heavy atom. The van der Waals surface area contributed by atoms with E-state index in [9.17, 15) is 108 Å². The highest BCUT2D eigenvalue weighted by Gasteiger charge is 2.22. The topological polar surface area (TPSA) is 158 Å². The van der Waals surface area contributed by atoms with E-state index >= 15 is 0 Å². The summed E-state index contributed by atoms with van der Waals surface area (Å²) in [6.45, 7) is 0. The minimum absolute atomic E-state index is 0.00199. The highest BCUT2D eigenvalue weighted by atomic mass is 19.2. The molecule has 756 valence electrons. The van der Waals surface area contributed by atoms with Gasteiger partial charge in [-0.25, -0.2) is 79.0 Å². The zero-order valence-corrected chi connectivity index (χ0v) is 78.3. The van der Waals surface area contributed by atoms with Crippen molar-refractivity contribution in [3.05, 3.63) is 396 Å². The molecule has 12 nitrogen and oxygen atoms in total. The molecule has 0 aliphatic heterocycles. The average Bonchev–Trinajstić information content (AvgIpc) is 0.819. The first-order chi connectivity index (χ1) is 70.7. The van der Waals surface area contributed by atoms with Crippen LogP contribution in [0.3, 0.4) is 0 Å². The van der Waals surface area contributed by atoms with E-state index in [1.165, 1.54) is 109 Å². The Balaban J connectivity index is 0.000000184. The largest absolute Gasteiger partial charge is 0.426 e. The van der Waals surface area contributed by atoms with E-state index in [1.54, 1.807) is 72.8 Å². The molecule has 15 aromatic rings. The summed E-state index contributed by atoms with van der Waals surface area (Å²) < 4.78 is 280. The number of benzene rings is 15. The van der Waals surface area contributed by atoms with E-state index in [-0.39, 0.29) is 118 Å². The van der Waals surface area contributed by atoms with Crippen molar-refractivity contribution in [1.82, 2.24) is 0 Å². The zero-order valence-electron chi connectivity index (χ0n) is 78.3. The van der Waals surface area contributed by atoms with Crippen LogP contribution in [0.25, 0.3) is 100 Å². The zero-order chi connectivity index (χ0) is 105. The van der Waals surface area contributed by atoms with Crippen molar-refractivity contribution in [3.8, 4) is 135 Å². The van der Waals surface area contributed by atoms with Gasteiger partial charge in [0.1, 0.15) is 69.4 Å². The SMILES string of the molecule is O=C(CCCCCC(=O)Oc1ccc(-c2ccc(F)c(F)c2)c(F)c1)Oc1ccc(-c2ccc(-c3ccc(F)c(F)c3)cc2)c(F)c1.O=C(CCCCCCCC(=O)Oc1ccc(-c2ccc(F)c(F)c2)c(F)c1)Oc1ccc(-c2ccc(-c3ccc(F)c(F)c3)cc2)c(F)c1.O=C(CCCCCCCCCC(=O)Oc1ccc(-c2ccc(F)c(F)c2)c(F)c1)Oc1ccc(-c2ccc(-c3ccc(F)c(F)c3)cc2)c(F)c1. The van der Waals surface area contributed by atoms with Gasteiger partial charge in [0.25, 0.3) is 0 Å². The number of hydrogen-bond donors (Lipinski definition) is 0. The Morgan fingerprint density at radius 3 is 0.435 bits per heavy atom.